The fourth-order valence-corrected chi connectivity index (χ4v) is 1.69. The minimum Gasteiger partial charge on any atom is -0.328 e. The molecule has 0 saturated heterocycles. The van der Waals surface area contributed by atoms with Crippen molar-refractivity contribution in [3.63, 3.8) is 0 Å². The number of nitrogens with two attached hydrogens (primary N) is 1. The Labute approximate surface area is 109 Å². The van der Waals surface area contributed by atoms with Crippen LogP contribution in [0.4, 0.5) is 5.69 Å². The molecule has 0 saturated carbocycles. The molecule has 0 spiro atoms. The zero-order valence-electron chi connectivity index (χ0n) is 11.4. The second kappa shape index (κ2) is 7.13. The predicted molar refractivity (Wildman–Crippen MR) is 75.3 cm³/mol. The molecule has 1 atom stereocenters. The van der Waals surface area contributed by atoms with Crippen molar-refractivity contribution in [3.8, 4) is 0 Å². The van der Waals surface area contributed by atoms with Crippen molar-refractivity contribution < 1.29 is 4.79 Å². The maximum Gasteiger partial charge on any atom is 0.224 e. The molecule has 0 aromatic heterocycles. The van der Waals surface area contributed by atoms with E-state index >= 15 is 0 Å². The number of carbonyl (C=O) groups is 1. The molecule has 18 heavy (non-hydrogen) atoms. The molecule has 0 radical (unpaired) electrons. The Kier molecular flexibility index (Phi) is 5.82. The maximum atomic E-state index is 11.7. The first kappa shape index (κ1) is 14.7. The highest BCUT2D eigenvalue weighted by molar-refractivity contribution is 5.90. The van der Waals surface area contributed by atoms with Crippen LogP contribution in [0, 0.1) is 0 Å². The van der Waals surface area contributed by atoms with Crippen LogP contribution in [0.2, 0.25) is 0 Å². The average Bonchev–Trinajstić information content (AvgIpc) is 2.26. The van der Waals surface area contributed by atoms with E-state index in [0.29, 0.717) is 12.8 Å². The van der Waals surface area contributed by atoms with E-state index in [9.17, 15) is 4.79 Å². The van der Waals surface area contributed by atoms with Gasteiger partial charge in [0.25, 0.3) is 0 Å². The zero-order chi connectivity index (χ0) is 13.5. The summed E-state index contributed by atoms with van der Waals surface area (Å²) in [6.07, 6.45) is 1.18. The molecule has 0 fully saturated rings. The van der Waals surface area contributed by atoms with Crippen LogP contribution in [-0.2, 0) is 11.3 Å². The van der Waals surface area contributed by atoms with Gasteiger partial charge in [0.2, 0.25) is 5.91 Å². The second-order valence-corrected chi connectivity index (χ2v) is 5.00. The number of amides is 1. The minimum absolute atomic E-state index is 0.0225. The first-order valence-corrected chi connectivity index (χ1v) is 6.26. The van der Waals surface area contributed by atoms with Gasteiger partial charge in [-0.2, -0.15) is 0 Å². The summed E-state index contributed by atoms with van der Waals surface area (Å²) >= 11 is 0. The molecule has 4 heteroatoms. The molecule has 0 bridgehead atoms. The summed E-state index contributed by atoms with van der Waals surface area (Å²) in [4.78, 5) is 13.8. The van der Waals surface area contributed by atoms with Gasteiger partial charge >= 0.3 is 0 Å². The van der Waals surface area contributed by atoms with Crippen LogP contribution in [0.25, 0.3) is 0 Å². The SMILES string of the molecule is CC(N)CCC(=O)Nc1cccc(CN(C)C)c1. The van der Waals surface area contributed by atoms with E-state index in [0.717, 1.165) is 12.2 Å². The monoisotopic (exact) mass is 249 g/mol. The van der Waals surface area contributed by atoms with Crippen molar-refractivity contribution in [1.29, 1.82) is 0 Å². The highest BCUT2D eigenvalue weighted by atomic mass is 16.1. The summed E-state index contributed by atoms with van der Waals surface area (Å²) in [6.45, 7) is 2.77. The molecule has 4 nitrogen and oxygen atoms in total. The fraction of sp³-hybridized carbons (Fsp3) is 0.500. The lowest BCUT2D eigenvalue weighted by Crippen LogP contribution is -2.19. The highest BCUT2D eigenvalue weighted by Crippen LogP contribution is 2.12. The molecule has 1 aromatic carbocycles. The summed E-state index contributed by atoms with van der Waals surface area (Å²) in [7, 11) is 4.04. The first-order chi connectivity index (χ1) is 8.47. The third-order valence-electron chi connectivity index (χ3n) is 2.54. The van der Waals surface area contributed by atoms with E-state index in [1.54, 1.807) is 0 Å². The largest absolute Gasteiger partial charge is 0.328 e. The molecule has 1 aromatic rings. The number of hydrogen-bond donors (Lipinski definition) is 2. The molecule has 100 valence electrons. The zero-order valence-corrected chi connectivity index (χ0v) is 11.4. The van der Waals surface area contributed by atoms with Crippen LogP contribution in [-0.4, -0.2) is 30.9 Å². The number of rotatable bonds is 6. The number of nitrogens with zero attached hydrogens (tertiary/aromatic N) is 1. The number of hydrogen-bond acceptors (Lipinski definition) is 3. The second-order valence-electron chi connectivity index (χ2n) is 5.00. The lowest BCUT2D eigenvalue weighted by molar-refractivity contribution is -0.116. The summed E-state index contributed by atoms with van der Waals surface area (Å²) in [5.74, 6) is 0.0225. The Morgan fingerprint density at radius 1 is 1.44 bits per heavy atom. The van der Waals surface area contributed by atoms with Crippen LogP contribution >= 0.6 is 0 Å². The quantitative estimate of drug-likeness (QED) is 0.808. The van der Waals surface area contributed by atoms with Gasteiger partial charge in [0.05, 0.1) is 0 Å². The summed E-state index contributed by atoms with van der Waals surface area (Å²) in [5, 5.41) is 2.90. The maximum absolute atomic E-state index is 11.7. The van der Waals surface area contributed by atoms with E-state index in [2.05, 4.69) is 16.3 Å². The third-order valence-corrected chi connectivity index (χ3v) is 2.54. The van der Waals surface area contributed by atoms with E-state index in [1.165, 1.54) is 5.56 Å². The topological polar surface area (TPSA) is 58.4 Å². The smallest absolute Gasteiger partial charge is 0.224 e. The fourth-order valence-electron chi connectivity index (χ4n) is 1.69. The molecule has 0 aliphatic carbocycles. The Morgan fingerprint density at radius 2 is 2.17 bits per heavy atom. The average molecular weight is 249 g/mol. The summed E-state index contributed by atoms with van der Waals surface area (Å²) in [6, 6.07) is 7.99. The molecule has 1 amide bonds. The van der Waals surface area contributed by atoms with Gasteiger partial charge in [-0.3, -0.25) is 4.79 Å². The van der Waals surface area contributed by atoms with Crippen molar-refractivity contribution in [2.75, 3.05) is 19.4 Å². The number of benzene rings is 1. The minimum atomic E-state index is 0.0225. The third kappa shape index (κ3) is 5.80. The molecule has 0 heterocycles. The van der Waals surface area contributed by atoms with Gasteiger partial charge in [-0.25, -0.2) is 0 Å². The first-order valence-electron chi connectivity index (χ1n) is 6.26. The van der Waals surface area contributed by atoms with Gasteiger partial charge in [-0.15, -0.1) is 0 Å². The van der Waals surface area contributed by atoms with Crippen molar-refractivity contribution in [1.82, 2.24) is 4.90 Å². The van der Waals surface area contributed by atoms with E-state index in [4.69, 9.17) is 5.73 Å². The van der Waals surface area contributed by atoms with Gasteiger partial charge < -0.3 is 16.0 Å². The number of carbonyl (C=O) groups excluding carboxylic acids is 1. The molecule has 1 unspecified atom stereocenters. The Hall–Kier alpha value is -1.39. The molecule has 0 aliphatic rings. The van der Waals surface area contributed by atoms with E-state index < -0.39 is 0 Å². The van der Waals surface area contributed by atoms with E-state index in [-0.39, 0.29) is 11.9 Å². The molecular formula is C14H23N3O. The van der Waals surface area contributed by atoms with Crippen molar-refractivity contribution in [2.45, 2.75) is 32.4 Å². The van der Waals surface area contributed by atoms with Crippen LogP contribution in [0.5, 0.6) is 0 Å². The van der Waals surface area contributed by atoms with Crippen LogP contribution < -0.4 is 11.1 Å². The molecular weight excluding hydrogens is 226 g/mol. The Morgan fingerprint density at radius 3 is 2.78 bits per heavy atom. The van der Waals surface area contributed by atoms with Crippen LogP contribution in [0.1, 0.15) is 25.3 Å². The van der Waals surface area contributed by atoms with Gasteiger partial charge in [0, 0.05) is 24.7 Å². The lowest BCUT2D eigenvalue weighted by Gasteiger charge is -2.11. The van der Waals surface area contributed by atoms with Crippen molar-refractivity contribution >= 4 is 11.6 Å². The number of anilines is 1. The summed E-state index contributed by atoms with van der Waals surface area (Å²) in [5.41, 5.74) is 7.66. The Balaban J connectivity index is 2.53. The van der Waals surface area contributed by atoms with Crippen LogP contribution in [0.15, 0.2) is 24.3 Å². The standard InChI is InChI=1S/C14H23N3O/c1-11(15)7-8-14(18)16-13-6-4-5-12(9-13)10-17(2)3/h4-6,9,11H,7-8,10,15H2,1-3H3,(H,16,18). The predicted octanol–water partition coefficient (Wildman–Crippen LogP) is 1.81. The van der Waals surface area contributed by atoms with Crippen molar-refractivity contribution in [2.24, 2.45) is 5.73 Å². The highest BCUT2D eigenvalue weighted by Gasteiger charge is 2.05. The van der Waals surface area contributed by atoms with Gasteiger partial charge in [0.15, 0.2) is 0 Å². The van der Waals surface area contributed by atoms with Gasteiger partial charge in [-0.1, -0.05) is 12.1 Å². The van der Waals surface area contributed by atoms with E-state index in [1.807, 2.05) is 39.2 Å². The summed E-state index contributed by atoms with van der Waals surface area (Å²) < 4.78 is 0. The Bertz CT molecular complexity index is 388. The van der Waals surface area contributed by atoms with Crippen molar-refractivity contribution in [3.05, 3.63) is 29.8 Å². The van der Waals surface area contributed by atoms with Gasteiger partial charge in [-0.05, 0) is 45.1 Å². The molecule has 0 aliphatic heterocycles. The lowest BCUT2D eigenvalue weighted by atomic mass is 10.1. The van der Waals surface area contributed by atoms with Crippen LogP contribution in [0.3, 0.4) is 0 Å². The molecule has 1 rings (SSSR count). The number of nitrogens with one attached hydrogen (secondary N) is 1. The molecule has 3 N–H and O–H groups in total. The normalized spacial score (nSPS) is 12.5. The van der Waals surface area contributed by atoms with Gasteiger partial charge in [0.1, 0.15) is 0 Å².